The van der Waals surface area contributed by atoms with E-state index in [2.05, 4.69) is 16.4 Å². The molecule has 0 aliphatic carbocycles. The number of hydrogen-bond donors (Lipinski definition) is 1. The number of rotatable bonds is 5. The zero-order valence-electron chi connectivity index (χ0n) is 14.7. The minimum absolute atomic E-state index is 0.336. The molecular weight excluding hydrogens is 366 g/mol. The Labute approximate surface area is 161 Å². The predicted molar refractivity (Wildman–Crippen MR) is 103 cm³/mol. The van der Waals surface area contributed by atoms with Crippen molar-refractivity contribution in [3.8, 4) is 11.8 Å². The zero-order chi connectivity index (χ0) is 19.4. The number of pyridine rings is 1. The standard InChI is InChI=1S/C20H16ClN3O3/c1-26-18-6-3-12(7-16(18)20(25)27-2)10-24-19-13(9-22)11-23-17-5-4-14(21)8-15(17)19/h3-8,11H,10H2,1-2H3,(H,23,24). The molecule has 0 amide bonds. The van der Waals surface area contributed by atoms with E-state index in [1.807, 2.05) is 6.07 Å². The Morgan fingerprint density at radius 1 is 1.26 bits per heavy atom. The Bertz CT molecular complexity index is 1060. The number of aromatic nitrogens is 1. The van der Waals surface area contributed by atoms with Crippen LogP contribution in [0.25, 0.3) is 10.9 Å². The molecule has 2 aromatic carbocycles. The number of carbonyl (C=O) groups is 1. The van der Waals surface area contributed by atoms with Crippen LogP contribution < -0.4 is 10.1 Å². The van der Waals surface area contributed by atoms with Gasteiger partial charge in [-0.2, -0.15) is 5.26 Å². The number of benzene rings is 2. The fourth-order valence-electron chi connectivity index (χ4n) is 2.77. The molecule has 1 N–H and O–H groups in total. The molecule has 136 valence electrons. The number of nitriles is 1. The first-order valence-electron chi connectivity index (χ1n) is 8.05. The number of nitrogens with zero attached hydrogens (tertiary/aromatic N) is 2. The van der Waals surface area contributed by atoms with Crippen molar-refractivity contribution in [2.24, 2.45) is 0 Å². The topological polar surface area (TPSA) is 84.2 Å². The summed E-state index contributed by atoms with van der Waals surface area (Å²) in [7, 11) is 2.81. The molecule has 1 aromatic heterocycles. The van der Waals surface area contributed by atoms with Gasteiger partial charge in [0.2, 0.25) is 0 Å². The number of halogens is 1. The van der Waals surface area contributed by atoms with Crippen molar-refractivity contribution in [3.05, 3.63) is 64.3 Å². The van der Waals surface area contributed by atoms with Crippen molar-refractivity contribution in [1.82, 2.24) is 4.98 Å². The van der Waals surface area contributed by atoms with Gasteiger partial charge in [0, 0.05) is 23.2 Å². The summed E-state index contributed by atoms with van der Waals surface area (Å²) in [5.74, 6) is -0.0444. The third kappa shape index (κ3) is 3.78. The lowest BCUT2D eigenvalue weighted by Gasteiger charge is -2.13. The first-order valence-corrected chi connectivity index (χ1v) is 8.42. The second kappa shape index (κ2) is 7.94. The highest BCUT2D eigenvalue weighted by Crippen LogP contribution is 2.29. The van der Waals surface area contributed by atoms with Crippen molar-refractivity contribution in [2.75, 3.05) is 19.5 Å². The molecule has 6 nitrogen and oxygen atoms in total. The van der Waals surface area contributed by atoms with E-state index >= 15 is 0 Å². The van der Waals surface area contributed by atoms with E-state index in [9.17, 15) is 10.1 Å². The molecular formula is C20H16ClN3O3. The Morgan fingerprint density at radius 2 is 2.07 bits per heavy atom. The number of anilines is 1. The fraction of sp³-hybridized carbons (Fsp3) is 0.150. The summed E-state index contributed by atoms with van der Waals surface area (Å²) in [6.07, 6.45) is 1.52. The quantitative estimate of drug-likeness (QED) is 0.668. The molecule has 27 heavy (non-hydrogen) atoms. The number of fused-ring (bicyclic) bond motifs is 1. The van der Waals surface area contributed by atoms with E-state index in [4.69, 9.17) is 21.1 Å². The van der Waals surface area contributed by atoms with Crippen LogP contribution >= 0.6 is 11.6 Å². The smallest absolute Gasteiger partial charge is 0.341 e. The van der Waals surface area contributed by atoms with Crippen LogP contribution in [0, 0.1) is 11.3 Å². The lowest BCUT2D eigenvalue weighted by molar-refractivity contribution is 0.0597. The number of nitrogens with one attached hydrogen (secondary N) is 1. The number of ether oxygens (including phenoxy) is 2. The lowest BCUT2D eigenvalue weighted by atomic mass is 10.1. The summed E-state index contributed by atoms with van der Waals surface area (Å²) >= 11 is 6.10. The monoisotopic (exact) mass is 381 g/mol. The maximum Gasteiger partial charge on any atom is 0.341 e. The van der Waals surface area contributed by atoms with Gasteiger partial charge in [-0.1, -0.05) is 17.7 Å². The third-order valence-corrected chi connectivity index (χ3v) is 4.32. The first kappa shape index (κ1) is 18.5. The van der Waals surface area contributed by atoms with Gasteiger partial charge >= 0.3 is 5.97 Å². The van der Waals surface area contributed by atoms with E-state index in [1.165, 1.54) is 20.4 Å². The minimum Gasteiger partial charge on any atom is -0.496 e. The molecule has 3 rings (SSSR count). The fourth-order valence-corrected chi connectivity index (χ4v) is 2.94. The molecule has 7 heteroatoms. The molecule has 0 radical (unpaired) electrons. The summed E-state index contributed by atoms with van der Waals surface area (Å²) in [5.41, 5.74) is 2.94. The molecule has 0 saturated heterocycles. The van der Waals surface area contributed by atoms with E-state index in [1.54, 1.807) is 30.3 Å². The van der Waals surface area contributed by atoms with Crippen LogP contribution in [0.3, 0.4) is 0 Å². The average Bonchev–Trinajstić information content (AvgIpc) is 2.70. The predicted octanol–water partition coefficient (Wildman–Crippen LogP) is 4.17. The summed E-state index contributed by atoms with van der Waals surface area (Å²) in [6.45, 7) is 0.383. The van der Waals surface area contributed by atoms with E-state index in [0.717, 1.165) is 16.5 Å². The molecule has 0 unspecified atom stereocenters. The van der Waals surface area contributed by atoms with Gasteiger partial charge in [0.15, 0.2) is 0 Å². The minimum atomic E-state index is -0.479. The molecule has 0 aliphatic heterocycles. The highest BCUT2D eigenvalue weighted by molar-refractivity contribution is 6.31. The van der Waals surface area contributed by atoms with Gasteiger partial charge in [-0.15, -0.1) is 0 Å². The van der Waals surface area contributed by atoms with Crippen molar-refractivity contribution in [1.29, 1.82) is 5.26 Å². The number of hydrogen-bond acceptors (Lipinski definition) is 6. The average molecular weight is 382 g/mol. The van der Waals surface area contributed by atoms with Gasteiger partial charge in [-0.05, 0) is 35.9 Å². The van der Waals surface area contributed by atoms with E-state index in [-0.39, 0.29) is 0 Å². The lowest BCUT2D eigenvalue weighted by Crippen LogP contribution is -2.07. The first-order chi connectivity index (χ1) is 13.1. The highest BCUT2D eigenvalue weighted by Gasteiger charge is 2.14. The normalized spacial score (nSPS) is 10.3. The second-order valence-corrected chi connectivity index (χ2v) is 6.14. The van der Waals surface area contributed by atoms with Gasteiger partial charge in [0.25, 0.3) is 0 Å². The van der Waals surface area contributed by atoms with Crippen LogP contribution in [0.1, 0.15) is 21.5 Å². The van der Waals surface area contributed by atoms with E-state index < -0.39 is 5.97 Å². The van der Waals surface area contributed by atoms with Gasteiger partial charge < -0.3 is 14.8 Å². The zero-order valence-corrected chi connectivity index (χ0v) is 15.5. The second-order valence-electron chi connectivity index (χ2n) is 5.70. The molecule has 1 heterocycles. The summed E-state index contributed by atoms with van der Waals surface area (Å²) in [5, 5.41) is 14.0. The van der Waals surface area contributed by atoms with Crippen LogP contribution in [-0.2, 0) is 11.3 Å². The van der Waals surface area contributed by atoms with Crippen molar-refractivity contribution < 1.29 is 14.3 Å². The van der Waals surface area contributed by atoms with Gasteiger partial charge in [-0.25, -0.2) is 4.79 Å². The van der Waals surface area contributed by atoms with E-state index in [0.29, 0.717) is 34.1 Å². The van der Waals surface area contributed by atoms with Crippen LogP contribution in [-0.4, -0.2) is 25.2 Å². The van der Waals surface area contributed by atoms with Crippen LogP contribution in [0.5, 0.6) is 5.75 Å². The van der Waals surface area contributed by atoms with Gasteiger partial charge in [-0.3, -0.25) is 4.98 Å². The molecule has 0 spiro atoms. The maximum absolute atomic E-state index is 11.9. The number of esters is 1. The van der Waals surface area contributed by atoms with Crippen LogP contribution in [0.15, 0.2) is 42.6 Å². The van der Waals surface area contributed by atoms with Gasteiger partial charge in [0.05, 0.1) is 31.0 Å². The summed E-state index contributed by atoms with van der Waals surface area (Å²) in [4.78, 5) is 16.2. The van der Waals surface area contributed by atoms with Crippen molar-refractivity contribution >= 4 is 34.2 Å². The third-order valence-electron chi connectivity index (χ3n) is 4.09. The molecule has 0 fully saturated rings. The summed E-state index contributed by atoms with van der Waals surface area (Å²) < 4.78 is 10.0. The van der Waals surface area contributed by atoms with Crippen LogP contribution in [0.4, 0.5) is 5.69 Å². The Hall–Kier alpha value is -3.30. The molecule has 3 aromatic rings. The molecule has 0 saturated carbocycles. The van der Waals surface area contributed by atoms with Crippen LogP contribution in [0.2, 0.25) is 5.02 Å². The number of methoxy groups -OCH3 is 2. The highest BCUT2D eigenvalue weighted by atomic mass is 35.5. The van der Waals surface area contributed by atoms with Crippen molar-refractivity contribution in [3.63, 3.8) is 0 Å². The SMILES string of the molecule is COC(=O)c1cc(CNc2c(C#N)cnc3ccc(Cl)cc23)ccc1OC. The maximum atomic E-state index is 11.9. The van der Waals surface area contributed by atoms with Gasteiger partial charge in [0.1, 0.15) is 17.4 Å². The largest absolute Gasteiger partial charge is 0.496 e. The Kier molecular flexibility index (Phi) is 5.43. The summed E-state index contributed by atoms with van der Waals surface area (Å²) in [6, 6.07) is 12.7. The van der Waals surface area contributed by atoms with Crippen molar-refractivity contribution in [2.45, 2.75) is 6.54 Å². The molecule has 0 aliphatic rings. The number of carbonyl (C=O) groups excluding carboxylic acids is 1. The molecule has 0 bridgehead atoms. The molecule has 0 atom stereocenters. The Morgan fingerprint density at radius 3 is 2.78 bits per heavy atom. The Balaban J connectivity index is 1.96.